The molecular formula is C20H24N4O4. The van der Waals surface area contributed by atoms with Gasteiger partial charge in [-0.05, 0) is 43.9 Å². The van der Waals surface area contributed by atoms with Crippen molar-refractivity contribution >= 4 is 23.5 Å². The molecule has 148 valence electrons. The van der Waals surface area contributed by atoms with Gasteiger partial charge < -0.3 is 15.3 Å². The maximum Gasteiger partial charge on any atom is 0.326 e. The van der Waals surface area contributed by atoms with Crippen molar-refractivity contribution in [2.24, 2.45) is 0 Å². The van der Waals surface area contributed by atoms with Crippen LogP contribution in [-0.4, -0.2) is 50.2 Å². The normalized spacial score (nSPS) is 16.6. The third-order valence-corrected chi connectivity index (χ3v) is 4.76. The second-order valence-electron chi connectivity index (χ2n) is 6.88. The number of carboxylic acids is 1. The highest BCUT2D eigenvalue weighted by atomic mass is 16.4. The predicted molar refractivity (Wildman–Crippen MR) is 103 cm³/mol. The van der Waals surface area contributed by atoms with Crippen LogP contribution in [0.3, 0.4) is 0 Å². The number of nitrogens with zero attached hydrogens (tertiary/aromatic N) is 3. The topological polar surface area (TPSA) is 105 Å². The van der Waals surface area contributed by atoms with Gasteiger partial charge in [0, 0.05) is 30.5 Å². The van der Waals surface area contributed by atoms with E-state index in [2.05, 4.69) is 10.4 Å². The van der Waals surface area contributed by atoms with Crippen molar-refractivity contribution in [3.8, 4) is 0 Å². The first-order valence-electron chi connectivity index (χ1n) is 9.47. The maximum absolute atomic E-state index is 12.8. The fraction of sp³-hybridized carbons (Fsp3) is 0.400. The number of aryl methyl sites for hydroxylation is 1. The molecule has 1 aliphatic rings. The highest BCUT2D eigenvalue weighted by molar-refractivity contribution is 6.05. The average Bonchev–Trinajstić information content (AvgIpc) is 3.17. The summed E-state index contributed by atoms with van der Waals surface area (Å²) in [5, 5.41) is 16.3. The molecule has 2 aromatic rings. The molecule has 2 heterocycles. The molecule has 0 spiro atoms. The minimum atomic E-state index is -0.985. The lowest BCUT2D eigenvalue weighted by Crippen LogP contribution is -2.48. The summed E-state index contributed by atoms with van der Waals surface area (Å²) in [6.07, 6.45) is 6.14. The lowest BCUT2D eigenvalue weighted by atomic mass is 10.0. The van der Waals surface area contributed by atoms with Crippen molar-refractivity contribution in [1.29, 1.82) is 0 Å². The summed E-state index contributed by atoms with van der Waals surface area (Å²) in [5.74, 6) is -1.63. The van der Waals surface area contributed by atoms with Gasteiger partial charge in [0.15, 0.2) is 0 Å². The molecule has 1 unspecified atom stereocenters. The van der Waals surface area contributed by atoms with Crippen molar-refractivity contribution in [2.45, 2.75) is 45.2 Å². The van der Waals surface area contributed by atoms with E-state index in [-0.39, 0.29) is 11.8 Å². The lowest BCUT2D eigenvalue weighted by molar-refractivity contribution is -0.143. The van der Waals surface area contributed by atoms with Gasteiger partial charge in [0.25, 0.3) is 11.8 Å². The Labute approximate surface area is 163 Å². The van der Waals surface area contributed by atoms with Gasteiger partial charge in [-0.25, -0.2) is 4.79 Å². The largest absolute Gasteiger partial charge is 0.480 e. The fourth-order valence-corrected chi connectivity index (χ4v) is 3.36. The van der Waals surface area contributed by atoms with Crippen molar-refractivity contribution in [1.82, 2.24) is 14.7 Å². The molecule has 0 radical (unpaired) electrons. The van der Waals surface area contributed by atoms with Gasteiger partial charge in [-0.15, -0.1) is 0 Å². The van der Waals surface area contributed by atoms with Crippen molar-refractivity contribution < 1.29 is 19.5 Å². The van der Waals surface area contributed by atoms with Crippen LogP contribution in [0.1, 0.15) is 53.3 Å². The number of anilines is 1. The Morgan fingerprint density at radius 1 is 1.25 bits per heavy atom. The number of carbonyl (C=O) groups is 3. The van der Waals surface area contributed by atoms with Gasteiger partial charge in [0.05, 0.1) is 11.8 Å². The monoisotopic (exact) mass is 384 g/mol. The summed E-state index contributed by atoms with van der Waals surface area (Å²) >= 11 is 0. The number of benzene rings is 1. The number of carbonyl (C=O) groups excluding carboxylic acids is 2. The number of hydrogen-bond acceptors (Lipinski definition) is 4. The third kappa shape index (κ3) is 4.39. The number of aromatic nitrogens is 2. The Morgan fingerprint density at radius 3 is 2.82 bits per heavy atom. The number of amides is 2. The molecule has 3 rings (SSSR count). The Hall–Kier alpha value is -3.16. The second kappa shape index (κ2) is 8.69. The lowest BCUT2D eigenvalue weighted by Gasteiger charge is -2.33. The smallest absolute Gasteiger partial charge is 0.326 e. The highest BCUT2D eigenvalue weighted by Crippen LogP contribution is 2.21. The molecule has 1 aliphatic heterocycles. The van der Waals surface area contributed by atoms with Gasteiger partial charge in [-0.2, -0.15) is 5.10 Å². The predicted octanol–water partition coefficient (Wildman–Crippen LogP) is 2.62. The van der Waals surface area contributed by atoms with Crippen LogP contribution in [0.5, 0.6) is 0 Å². The average molecular weight is 384 g/mol. The number of carboxylic acid groups (broad SMARTS) is 1. The van der Waals surface area contributed by atoms with Gasteiger partial charge in [-0.1, -0.05) is 13.0 Å². The second-order valence-corrected chi connectivity index (χ2v) is 6.88. The van der Waals surface area contributed by atoms with Crippen LogP contribution in [0.25, 0.3) is 0 Å². The molecule has 0 aliphatic carbocycles. The van der Waals surface area contributed by atoms with Crippen molar-refractivity contribution in [2.75, 3.05) is 11.9 Å². The number of aliphatic carboxylic acids is 1. The molecule has 1 aromatic heterocycles. The minimum Gasteiger partial charge on any atom is -0.480 e. The summed E-state index contributed by atoms with van der Waals surface area (Å²) in [4.78, 5) is 38.1. The number of nitrogens with one attached hydrogen (secondary N) is 1. The molecule has 1 fully saturated rings. The zero-order chi connectivity index (χ0) is 20.1. The minimum absolute atomic E-state index is 0.312. The molecule has 1 saturated heterocycles. The van der Waals surface area contributed by atoms with E-state index in [9.17, 15) is 19.5 Å². The first kappa shape index (κ1) is 19.6. The molecule has 2 N–H and O–H groups in total. The van der Waals surface area contributed by atoms with E-state index in [0.29, 0.717) is 29.8 Å². The van der Waals surface area contributed by atoms with E-state index in [4.69, 9.17) is 0 Å². The quantitative estimate of drug-likeness (QED) is 0.797. The summed E-state index contributed by atoms with van der Waals surface area (Å²) < 4.78 is 1.71. The van der Waals surface area contributed by atoms with Crippen LogP contribution >= 0.6 is 0 Å². The number of hydrogen-bond donors (Lipinski definition) is 2. The summed E-state index contributed by atoms with van der Waals surface area (Å²) in [6, 6.07) is 5.76. The van der Waals surface area contributed by atoms with Gasteiger partial charge >= 0.3 is 5.97 Å². The third-order valence-electron chi connectivity index (χ3n) is 4.76. The molecule has 1 aromatic carbocycles. The van der Waals surface area contributed by atoms with Crippen molar-refractivity contribution in [3.63, 3.8) is 0 Å². The van der Waals surface area contributed by atoms with E-state index < -0.39 is 12.0 Å². The Balaban J connectivity index is 1.73. The molecule has 0 bridgehead atoms. The highest BCUT2D eigenvalue weighted by Gasteiger charge is 2.32. The Morgan fingerprint density at radius 2 is 2.07 bits per heavy atom. The van der Waals surface area contributed by atoms with Crippen molar-refractivity contribution in [3.05, 3.63) is 47.8 Å². The molecule has 0 saturated carbocycles. The Kier molecular flexibility index (Phi) is 6.08. The van der Waals surface area contributed by atoms with E-state index in [1.54, 1.807) is 35.1 Å². The summed E-state index contributed by atoms with van der Waals surface area (Å²) in [5.41, 5.74) is 1.27. The van der Waals surface area contributed by atoms with Crippen LogP contribution in [0, 0.1) is 0 Å². The Bertz CT molecular complexity index is 877. The number of likely N-dealkylation sites (tertiary alicyclic amines) is 1. The SMILES string of the molecule is CCCn1cc(C(=O)Nc2cccc(C(=O)N3CCCCC3C(=O)O)c2)cn1. The molecule has 2 amide bonds. The van der Waals surface area contributed by atoms with E-state index in [1.807, 2.05) is 6.92 Å². The first-order valence-corrected chi connectivity index (χ1v) is 9.47. The zero-order valence-electron chi connectivity index (χ0n) is 15.8. The maximum atomic E-state index is 12.8. The fourth-order valence-electron chi connectivity index (χ4n) is 3.36. The van der Waals surface area contributed by atoms with Crippen LogP contribution in [-0.2, 0) is 11.3 Å². The van der Waals surface area contributed by atoms with Crippen LogP contribution in [0.15, 0.2) is 36.7 Å². The number of piperidine rings is 1. The van der Waals surface area contributed by atoms with Gasteiger partial charge in [0.2, 0.25) is 0 Å². The summed E-state index contributed by atoms with van der Waals surface area (Å²) in [7, 11) is 0. The van der Waals surface area contributed by atoms with Gasteiger partial charge in [-0.3, -0.25) is 14.3 Å². The van der Waals surface area contributed by atoms with E-state index in [1.165, 1.54) is 11.1 Å². The van der Waals surface area contributed by atoms with Crippen LogP contribution in [0.2, 0.25) is 0 Å². The van der Waals surface area contributed by atoms with Gasteiger partial charge in [0.1, 0.15) is 6.04 Å². The standard InChI is InChI=1S/C20H24N4O4/c1-2-9-23-13-15(12-21-23)18(25)22-16-7-5-6-14(11-16)19(26)24-10-4-3-8-17(24)20(27)28/h5-7,11-13,17H,2-4,8-10H2,1H3,(H,22,25)(H,27,28). The molecular weight excluding hydrogens is 360 g/mol. The van der Waals surface area contributed by atoms with E-state index in [0.717, 1.165) is 25.8 Å². The summed E-state index contributed by atoms with van der Waals surface area (Å²) in [6.45, 7) is 3.18. The van der Waals surface area contributed by atoms with E-state index >= 15 is 0 Å². The number of rotatable bonds is 6. The zero-order valence-corrected chi connectivity index (χ0v) is 15.8. The molecule has 8 heteroatoms. The van der Waals surface area contributed by atoms with Crippen LogP contribution < -0.4 is 5.32 Å². The molecule has 28 heavy (non-hydrogen) atoms. The first-order chi connectivity index (χ1) is 13.5. The van der Waals surface area contributed by atoms with Crippen LogP contribution in [0.4, 0.5) is 5.69 Å². The molecule has 8 nitrogen and oxygen atoms in total. The molecule has 1 atom stereocenters.